The minimum Gasteiger partial charge on any atom is -0.379 e. The Labute approximate surface area is 85.1 Å². The van der Waals surface area contributed by atoms with Crippen LogP contribution in [-0.4, -0.2) is 35.7 Å². The van der Waals surface area contributed by atoms with Crippen LogP contribution in [-0.2, 0) is 10.5 Å². The molecule has 1 saturated heterocycles. The van der Waals surface area contributed by atoms with Crippen molar-refractivity contribution in [3.05, 3.63) is 5.01 Å². The fourth-order valence-corrected chi connectivity index (χ4v) is 2.66. The van der Waals surface area contributed by atoms with Gasteiger partial charge in [0.15, 0.2) is 0 Å². The van der Waals surface area contributed by atoms with Crippen LogP contribution in [0.1, 0.15) is 5.01 Å². The third-order valence-corrected chi connectivity index (χ3v) is 4.04. The maximum atomic E-state index is 5.08. The van der Waals surface area contributed by atoms with Gasteiger partial charge in [-0.15, -0.1) is 22.0 Å². The van der Waals surface area contributed by atoms with Gasteiger partial charge in [0.05, 0.1) is 18.5 Å². The summed E-state index contributed by atoms with van der Waals surface area (Å²) in [6.45, 7) is 1.78. The molecule has 1 aromatic rings. The number of thioether (sulfide) groups is 1. The molecule has 1 fully saturated rings. The average molecular weight is 217 g/mol. The fraction of sp³-hybridized carbons (Fsp3) is 0.714. The molecule has 0 amide bonds. The highest BCUT2D eigenvalue weighted by Gasteiger charge is 2.19. The van der Waals surface area contributed by atoms with E-state index in [0.717, 1.165) is 29.1 Å². The molecule has 0 spiro atoms. The van der Waals surface area contributed by atoms with Crippen LogP contribution in [0.15, 0.2) is 0 Å². The predicted molar refractivity (Wildman–Crippen MR) is 55.4 cm³/mol. The molecule has 2 heterocycles. The van der Waals surface area contributed by atoms with Crippen molar-refractivity contribution >= 4 is 28.2 Å². The Morgan fingerprint density at radius 3 is 3.00 bits per heavy atom. The Kier molecular flexibility index (Phi) is 3.02. The van der Waals surface area contributed by atoms with Crippen LogP contribution in [0.3, 0.4) is 0 Å². The number of hydrogen-bond donors (Lipinski definition) is 1. The van der Waals surface area contributed by atoms with Crippen LogP contribution < -0.4 is 5.32 Å². The normalized spacial score (nSPS) is 17.0. The first kappa shape index (κ1) is 9.23. The van der Waals surface area contributed by atoms with Crippen molar-refractivity contribution in [2.45, 2.75) is 11.0 Å². The number of ether oxygens (including phenoxy) is 1. The summed E-state index contributed by atoms with van der Waals surface area (Å²) < 4.78 is 5.08. The molecule has 6 heteroatoms. The molecule has 1 aromatic heterocycles. The third kappa shape index (κ3) is 2.32. The van der Waals surface area contributed by atoms with E-state index in [0.29, 0.717) is 5.25 Å². The van der Waals surface area contributed by atoms with Gasteiger partial charge in [0, 0.05) is 12.8 Å². The van der Waals surface area contributed by atoms with Gasteiger partial charge in [0.2, 0.25) is 5.13 Å². The zero-order valence-electron chi connectivity index (χ0n) is 7.32. The molecule has 0 unspecified atom stereocenters. The van der Waals surface area contributed by atoms with Crippen LogP contribution in [0.5, 0.6) is 0 Å². The quantitative estimate of drug-likeness (QED) is 0.821. The Bertz CT molecular complexity index is 274. The van der Waals surface area contributed by atoms with Gasteiger partial charge in [-0.2, -0.15) is 0 Å². The molecule has 0 bridgehead atoms. The van der Waals surface area contributed by atoms with Crippen molar-refractivity contribution in [1.29, 1.82) is 0 Å². The number of rotatable bonds is 4. The topological polar surface area (TPSA) is 47.0 Å². The van der Waals surface area contributed by atoms with Gasteiger partial charge in [-0.1, -0.05) is 11.3 Å². The fourth-order valence-electron chi connectivity index (χ4n) is 0.912. The van der Waals surface area contributed by atoms with E-state index in [9.17, 15) is 0 Å². The summed E-state index contributed by atoms with van der Waals surface area (Å²) in [5, 5.41) is 13.6. The first-order valence-corrected chi connectivity index (χ1v) is 5.94. The molecule has 2 rings (SSSR count). The van der Waals surface area contributed by atoms with Gasteiger partial charge in [-0.25, -0.2) is 0 Å². The van der Waals surface area contributed by atoms with E-state index < -0.39 is 0 Å². The zero-order valence-corrected chi connectivity index (χ0v) is 8.95. The monoisotopic (exact) mass is 217 g/mol. The molecule has 0 aromatic carbocycles. The SMILES string of the molecule is CNc1nnc(CSC2COC2)s1. The van der Waals surface area contributed by atoms with Gasteiger partial charge in [0.1, 0.15) is 5.01 Å². The first-order valence-electron chi connectivity index (χ1n) is 4.08. The number of nitrogens with zero attached hydrogens (tertiary/aromatic N) is 2. The zero-order chi connectivity index (χ0) is 9.10. The largest absolute Gasteiger partial charge is 0.379 e. The molecule has 0 saturated carbocycles. The van der Waals surface area contributed by atoms with E-state index in [1.165, 1.54) is 0 Å². The molecule has 4 nitrogen and oxygen atoms in total. The summed E-state index contributed by atoms with van der Waals surface area (Å²) in [5.74, 6) is 0.952. The number of anilines is 1. The van der Waals surface area contributed by atoms with Gasteiger partial charge in [0.25, 0.3) is 0 Å². The average Bonchev–Trinajstić information content (AvgIpc) is 2.49. The van der Waals surface area contributed by atoms with Crippen molar-refractivity contribution in [2.75, 3.05) is 25.6 Å². The second-order valence-corrected chi connectivity index (χ2v) is 5.07. The lowest BCUT2D eigenvalue weighted by atomic mass is 10.4. The van der Waals surface area contributed by atoms with Crippen molar-refractivity contribution in [2.24, 2.45) is 0 Å². The number of hydrogen-bond acceptors (Lipinski definition) is 6. The van der Waals surface area contributed by atoms with E-state index in [2.05, 4.69) is 15.5 Å². The molecule has 0 atom stereocenters. The highest BCUT2D eigenvalue weighted by atomic mass is 32.2. The second kappa shape index (κ2) is 4.26. The number of nitrogens with one attached hydrogen (secondary N) is 1. The molecule has 1 aliphatic heterocycles. The van der Waals surface area contributed by atoms with Crippen LogP contribution in [0.25, 0.3) is 0 Å². The Balaban J connectivity index is 1.79. The lowest BCUT2D eigenvalue weighted by Crippen LogP contribution is -2.30. The second-order valence-electron chi connectivity index (χ2n) is 2.72. The highest BCUT2D eigenvalue weighted by molar-refractivity contribution is 7.99. The van der Waals surface area contributed by atoms with Gasteiger partial charge < -0.3 is 10.1 Å². The van der Waals surface area contributed by atoms with Crippen LogP contribution in [0, 0.1) is 0 Å². The lowest BCUT2D eigenvalue weighted by Gasteiger charge is -2.24. The molecule has 13 heavy (non-hydrogen) atoms. The van der Waals surface area contributed by atoms with Crippen molar-refractivity contribution in [3.63, 3.8) is 0 Å². The van der Waals surface area contributed by atoms with Crippen molar-refractivity contribution in [3.8, 4) is 0 Å². The Hall–Kier alpha value is -0.330. The van der Waals surface area contributed by atoms with E-state index in [1.54, 1.807) is 11.3 Å². The summed E-state index contributed by atoms with van der Waals surface area (Å²) in [4.78, 5) is 0. The van der Waals surface area contributed by atoms with Crippen LogP contribution in [0.4, 0.5) is 5.13 Å². The maximum absolute atomic E-state index is 5.08. The molecule has 1 aliphatic rings. The van der Waals surface area contributed by atoms with E-state index >= 15 is 0 Å². The van der Waals surface area contributed by atoms with E-state index in [1.807, 2.05) is 18.8 Å². The molecule has 0 aliphatic carbocycles. The third-order valence-electron chi connectivity index (χ3n) is 1.73. The predicted octanol–water partition coefficient (Wildman–Crippen LogP) is 1.21. The Morgan fingerprint density at radius 2 is 2.46 bits per heavy atom. The molecule has 1 N–H and O–H groups in total. The van der Waals surface area contributed by atoms with E-state index in [4.69, 9.17) is 4.74 Å². The summed E-state index contributed by atoms with van der Waals surface area (Å²) >= 11 is 3.51. The van der Waals surface area contributed by atoms with Crippen LogP contribution >= 0.6 is 23.1 Å². The maximum Gasteiger partial charge on any atom is 0.205 e. The first-order chi connectivity index (χ1) is 6.38. The smallest absolute Gasteiger partial charge is 0.205 e. The highest BCUT2D eigenvalue weighted by Crippen LogP contribution is 2.25. The van der Waals surface area contributed by atoms with Gasteiger partial charge in [-0.05, 0) is 0 Å². The molecule has 72 valence electrons. The summed E-state index contributed by atoms with van der Waals surface area (Å²) in [6, 6.07) is 0. The Morgan fingerprint density at radius 1 is 1.62 bits per heavy atom. The van der Waals surface area contributed by atoms with Crippen molar-refractivity contribution < 1.29 is 4.74 Å². The van der Waals surface area contributed by atoms with E-state index in [-0.39, 0.29) is 0 Å². The summed E-state index contributed by atoms with van der Waals surface area (Å²) in [5.41, 5.74) is 0. The standard InChI is InChI=1S/C7H11N3OS2/c1-8-7-10-9-6(13-7)4-12-5-2-11-3-5/h5H,2-4H2,1H3,(H,8,10). The molecular weight excluding hydrogens is 206 g/mol. The minimum absolute atomic E-state index is 0.668. The van der Waals surface area contributed by atoms with Crippen molar-refractivity contribution in [1.82, 2.24) is 10.2 Å². The molecular formula is C7H11N3OS2. The van der Waals surface area contributed by atoms with Crippen LogP contribution in [0.2, 0.25) is 0 Å². The van der Waals surface area contributed by atoms with Gasteiger partial charge >= 0.3 is 0 Å². The summed E-state index contributed by atoms with van der Waals surface area (Å²) in [6.07, 6.45) is 0. The molecule has 0 radical (unpaired) electrons. The minimum atomic E-state index is 0.668. The lowest BCUT2D eigenvalue weighted by molar-refractivity contribution is 0.0455. The summed E-state index contributed by atoms with van der Waals surface area (Å²) in [7, 11) is 1.86. The van der Waals surface area contributed by atoms with Gasteiger partial charge in [-0.3, -0.25) is 0 Å². The number of aromatic nitrogens is 2.